The van der Waals surface area contributed by atoms with Gasteiger partial charge in [-0.05, 0) is 66.1 Å². The molecule has 13 heteroatoms. The summed E-state index contributed by atoms with van der Waals surface area (Å²) in [5.74, 6) is -2.32. The Bertz CT molecular complexity index is 2000. The molecule has 1 fully saturated rings. The first-order chi connectivity index (χ1) is 25.6. The number of hydrogen-bond donors (Lipinski definition) is 5. The molecule has 4 aromatic rings. The van der Waals surface area contributed by atoms with E-state index in [4.69, 9.17) is 0 Å². The Balaban J connectivity index is 1.32. The number of aliphatic hydroxyl groups is 1. The Kier molecular flexibility index (Phi) is 13.2. The van der Waals surface area contributed by atoms with Crippen molar-refractivity contribution in [2.75, 3.05) is 13.1 Å². The normalized spacial score (nSPS) is 18.6. The van der Waals surface area contributed by atoms with Crippen LogP contribution < -0.4 is 21.3 Å². The largest absolute Gasteiger partial charge is 0.389 e. The first kappa shape index (κ1) is 40.5. The van der Waals surface area contributed by atoms with E-state index < -0.39 is 68.4 Å². The van der Waals surface area contributed by atoms with Crippen molar-refractivity contribution in [2.45, 2.75) is 88.6 Å². The third-order valence-electron chi connectivity index (χ3n) is 10.0. The summed E-state index contributed by atoms with van der Waals surface area (Å²) in [6.07, 6.45) is 2.31. The van der Waals surface area contributed by atoms with Crippen molar-refractivity contribution in [2.24, 2.45) is 11.3 Å². The fourth-order valence-corrected chi connectivity index (χ4v) is 9.05. The van der Waals surface area contributed by atoms with Gasteiger partial charge in [0, 0.05) is 30.2 Å². The minimum absolute atomic E-state index is 0.0893. The molecule has 0 radical (unpaired) electrons. The van der Waals surface area contributed by atoms with Crippen molar-refractivity contribution in [1.82, 2.24) is 31.2 Å². The van der Waals surface area contributed by atoms with E-state index in [1.807, 2.05) is 89.2 Å². The topological polar surface area (TPSA) is 179 Å². The van der Waals surface area contributed by atoms with Crippen LogP contribution in [-0.2, 0) is 25.2 Å². The molecular weight excluding hydrogens is 705 g/mol. The molecule has 3 heterocycles. The first-order valence-corrected chi connectivity index (χ1v) is 20.2. The number of rotatable bonds is 14. The first-order valence-electron chi connectivity index (χ1n) is 18.5. The minimum Gasteiger partial charge on any atom is -0.389 e. The molecule has 2 aromatic heterocycles. The molecular formula is C41H52N6O6S. The Morgan fingerprint density at radius 1 is 0.926 bits per heavy atom. The lowest BCUT2D eigenvalue weighted by Gasteiger charge is -2.41. The molecule has 1 aliphatic rings. The van der Waals surface area contributed by atoms with Crippen LogP contribution >= 0.6 is 0 Å². The van der Waals surface area contributed by atoms with Crippen molar-refractivity contribution < 1.29 is 27.9 Å². The number of fused-ring (bicyclic) bond motifs is 1. The second kappa shape index (κ2) is 17.6. The molecule has 288 valence electrons. The zero-order valence-electron chi connectivity index (χ0n) is 31.5. The summed E-state index contributed by atoms with van der Waals surface area (Å²) in [5, 5.41) is 23.9. The van der Waals surface area contributed by atoms with Crippen LogP contribution in [0.2, 0.25) is 0 Å². The number of carbonyl (C=O) groups excluding carboxylic acids is 3. The van der Waals surface area contributed by atoms with Gasteiger partial charge in [0.25, 0.3) is 5.91 Å². The minimum atomic E-state index is -3.55. The molecule has 5 N–H and O–H groups in total. The average molecular weight is 757 g/mol. The number of pyridine rings is 2. The number of aliphatic hydroxyl groups excluding tert-OH is 1. The van der Waals surface area contributed by atoms with Crippen LogP contribution in [0.4, 0.5) is 0 Å². The molecule has 1 aliphatic heterocycles. The van der Waals surface area contributed by atoms with E-state index >= 15 is 0 Å². The molecule has 0 aliphatic carbocycles. The van der Waals surface area contributed by atoms with E-state index in [9.17, 15) is 27.9 Å². The van der Waals surface area contributed by atoms with Crippen molar-refractivity contribution in [3.63, 3.8) is 0 Å². The maximum atomic E-state index is 14.2. The molecule has 5 rings (SSSR count). The number of carbonyl (C=O) groups is 3. The zero-order chi connectivity index (χ0) is 39.0. The van der Waals surface area contributed by atoms with Gasteiger partial charge in [0.15, 0.2) is 9.84 Å². The summed E-state index contributed by atoms with van der Waals surface area (Å²) in [7, 11) is -3.55. The smallest absolute Gasteiger partial charge is 0.270 e. The SMILES string of the molecule is CC(C)[C@H](NC(=O)c1ccc2ccccc2n1)C(=O)NC(C(O)CNC(=O)C1CC(S(=O)(=O)Cc2ccncc2)CCN1)C(c1ccccc1)C(C)(C)C. The predicted molar refractivity (Wildman–Crippen MR) is 209 cm³/mol. The molecule has 0 saturated carbocycles. The highest BCUT2D eigenvalue weighted by Gasteiger charge is 2.41. The fourth-order valence-electron chi connectivity index (χ4n) is 7.20. The number of sulfone groups is 1. The van der Waals surface area contributed by atoms with Gasteiger partial charge in [-0.25, -0.2) is 13.4 Å². The highest BCUT2D eigenvalue weighted by atomic mass is 32.2. The second-order valence-electron chi connectivity index (χ2n) is 15.5. The number of para-hydroxylation sites is 1. The van der Waals surface area contributed by atoms with Gasteiger partial charge in [-0.15, -0.1) is 0 Å². The number of piperidine rings is 1. The van der Waals surface area contributed by atoms with Crippen molar-refractivity contribution in [3.05, 3.63) is 108 Å². The monoisotopic (exact) mass is 756 g/mol. The molecule has 5 unspecified atom stereocenters. The van der Waals surface area contributed by atoms with E-state index in [1.54, 1.807) is 36.7 Å². The molecule has 1 saturated heterocycles. The third kappa shape index (κ3) is 10.3. The zero-order valence-corrected chi connectivity index (χ0v) is 32.3. The Hall–Kier alpha value is -4.72. The van der Waals surface area contributed by atoms with Gasteiger partial charge in [0.2, 0.25) is 11.8 Å². The lowest BCUT2D eigenvalue weighted by Crippen LogP contribution is -2.59. The van der Waals surface area contributed by atoms with Gasteiger partial charge < -0.3 is 26.4 Å². The third-order valence-corrected chi connectivity index (χ3v) is 12.2. The van der Waals surface area contributed by atoms with Crippen LogP contribution in [0.15, 0.2) is 91.3 Å². The highest BCUT2D eigenvalue weighted by Crippen LogP contribution is 2.39. The summed E-state index contributed by atoms with van der Waals surface area (Å²) < 4.78 is 26.6. The van der Waals surface area contributed by atoms with Crippen LogP contribution in [0.25, 0.3) is 10.9 Å². The summed E-state index contributed by atoms with van der Waals surface area (Å²) in [6.45, 7) is 9.82. The molecule has 3 amide bonds. The van der Waals surface area contributed by atoms with Gasteiger partial charge in [-0.2, -0.15) is 0 Å². The van der Waals surface area contributed by atoms with Gasteiger partial charge in [-0.1, -0.05) is 89.2 Å². The highest BCUT2D eigenvalue weighted by molar-refractivity contribution is 7.91. The molecule has 0 bridgehead atoms. The Morgan fingerprint density at radius 3 is 2.30 bits per heavy atom. The number of hydrogen-bond acceptors (Lipinski definition) is 9. The van der Waals surface area contributed by atoms with Crippen LogP contribution in [-0.4, -0.2) is 83.8 Å². The van der Waals surface area contributed by atoms with Crippen LogP contribution in [0.3, 0.4) is 0 Å². The van der Waals surface area contributed by atoms with Crippen molar-refractivity contribution >= 4 is 38.5 Å². The van der Waals surface area contributed by atoms with Crippen molar-refractivity contribution in [3.8, 4) is 0 Å². The maximum absolute atomic E-state index is 14.2. The summed E-state index contributed by atoms with van der Waals surface area (Å²) in [4.78, 5) is 49.6. The lowest BCUT2D eigenvalue weighted by atomic mass is 9.70. The molecule has 54 heavy (non-hydrogen) atoms. The second-order valence-corrected chi connectivity index (χ2v) is 17.8. The molecule has 12 nitrogen and oxygen atoms in total. The molecule has 2 aromatic carbocycles. The quantitative estimate of drug-likeness (QED) is 0.128. The molecule has 0 spiro atoms. The van der Waals surface area contributed by atoms with Crippen LogP contribution in [0.1, 0.15) is 75.0 Å². The number of aromatic nitrogens is 2. The van der Waals surface area contributed by atoms with Crippen LogP contribution in [0.5, 0.6) is 0 Å². The van der Waals surface area contributed by atoms with Gasteiger partial charge >= 0.3 is 0 Å². The van der Waals surface area contributed by atoms with E-state index in [0.717, 1.165) is 10.9 Å². The van der Waals surface area contributed by atoms with Gasteiger partial charge in [0.05, 0.1) is 34.7 Å². The Morgan fingerprint density at radius 2 is 1.61 bits per heavy atom. The number of benzene rings is 2. The van der Waals surface area contributed by atoms with Crippen molar-refractivity contribution in [1.29, 1.82) is 0 Å². The average Bonchev–Trinajstić information content (AvgIpc) is 3.15. The van der Waals surface area contributed by atoms with Gasteiger partial charge in [0.1, 0.15) is 11.7 Å². The van der Waals surface area contributed by atoms with E-state index in [2.05, 4.69) is 31.2 Å². The maximum Gasteiger partial charge on any atom is 0.270 e. The number of nitrogens with zero attached hydrogens (tertiary/aromatic N) is 2. The lowest BCUT2D eigenvalue weighted by molar-refractivity contribution is -0.126. The number of amides is 3. The fraction of sp³-hybridized carbons (Fsp3) is 0.439. The van der Waals surface area contributed by atoms with Gasteiger partial charge in [-0.3, -0.25) is 19.4 Å². The Labute approximate surface area is 317 Å². The summed E-state index contributed by atoms with van der Waals surface area (Å²) in [6, 6.07) is 21.1. The van der Waals surface area contributed by atoms with E-state index in [0.29, 0.717) is 24.0 Å². The predicted octanol–water partition coefficient (Wildman–Crippen LogP) is 3.91. The summed E-state index contributed by atoms with van der Waals surface area (Å²) >= 11 is 0. The van der Waals surface area contributed by atoms with E-state index in [-0.39, 0.29) is 30.3 Å². The number of nitrogens with one attached hydrogen (secondary N) is 4. The standard InChI is InChI=1S/C41H52N6O6S/c1-26(2)36(46-39(50)32-16-15-28-11-9-10-14-31(28)45-32)40(51)47-37(35(41(3,4)5)29-12-7-6-8-13-29)34(48)24-44-38(49)33-23-30(19-22-43-33)54(52,53)25-27-17-20-42-21-18-27/h6-18,20-21,26,30,33-37,43,48H,19,22-25H2,1-5H3,(H,44,49)(H,46,50)(H,47,51)/t30?,33?,34?,35?,36-,37?/m0/s1. The summed E-state index contributed by atoms with van der Waals surface area (Å²) in [5.41, 5.74) is 1.87. The van der Waals surface area contributed by atoms with E-state index in [1.165, 1.54) is 0 Å². The van der Waals surface area contributed by atoms with Crippen LogP contribution in [0, 0.1) is 11.3 Å². The molecule has 6 atom stereocenters.